The van der Waals surface area contributed by atoms with Crippen LogP contribution in [0.4, 0.5) is 0 Å². The molecule has 0 radical (unpaired) electrons. The number of rotatable bonds is 7. The van der Waals surface area contributed by atoms with Crippen molar-refractivity contribution in [1.29, 1.82) is 0 Å². The Balaban J connectivity index is 2.64. The lowest BCUT2D eigenvalue weighted by atomic mass is 10.0. The van der Waals surface area contributed by atoms with Crippen LogP contribution in [0.5, 0.6) is 5.75 Å². The van der Waals surface area contributed by atoms with Crippen molar-refractivity contribution in [2.75, 3.05) is 20.3 Å². The van der Waals surface area contributed by atoms with Crippen LogP contribution in [-0.2, 0) is 6.42 Å². The number of aliphatic hydroxyl groups excluding tert-OH is 1. The number of nitrogens with one attached hydrogen (secondary N) is 1. The number of methoxy groups -OCH3 is 1. The van der Waals surface area contributed by atoms with Crippen LogP contribution in [0.1, 0.15) is 30.5 Å². The average molecular weight is 265 g/mol. The Hall–Kier alpha value is -1.06. The van der Waals surface area contributed by atoms with Gasteiger partial charge in [0.25, 0.3) is 0 Å². The summed E-state index contributed by atoms with van der Waals surface area (Å²) < 4.78 is 5.44. The van der Waals surface area contributed by atoms with Crippen molar-refractivity contribution in [2.45, 2.75) is 40.2 Å². The Morgan fingerprint density at radius 3 is 2.37 bits per heavy atom. The Bertz CT molecular complexity index is 402. The molecule has 1 atom stereocenters. The van der Waals surface area contributed by atoms with Crippen molar-refractivity contribution < 1.29 is 9.84 Å². The number of hydrogen-bond donors (Lipinski definition) is 2. The molecule has 1 unspecified atom stereocenters. The third kappa shape index (κ3) is 4.51. The molecule has 0 amide bonds. The van der Waals surface area contributed by atoms with Crippen LogP contribution in [0.3, 0.4) is 0 Å². The fourth-order valence-electron chi connectivity index (χ4n) is 2.14. The first kappa shape index (κ1) is 16.0. The van der Waals surface area contributed by atoms with E-state index in [1.807, 2.05) is 0 Å². The summed E-state index contributed by atoms with van der Waals surface area (Å²) in [7, 11) is 1.71. The molecule has 108 valence electrons. The number of hydrogen-bond acceptors (Lipinski definition) is 3. The molecule has 3 nitrogen and oxygen atoms in total. The van der Waals surface area contributed by atoms with Crippen molar-refractivity contribution in [3.8, 4) is 5.75 Å². The lowest BCUT2D eigenvalue weighted by molar-refractivity contribution is 0.211. The van der Waals surface area contributed by atoms with Gasteiger partial charge in [-0.05, 0) is 55.5 Å². The molecule has 1 aromatic carbocycles. The van der Waals surface area contributed by atoms with Gasteiger partial charge in [0, 0.05) is 6.04 Å². The van der Waals surface area contributed by atoms with Gasteiger partial charge >= 0.3 is 0 Å². The van der Waals surface area contributed by atoms with Gasteiger partial charge in [-0.15, -0.1) is 0 Å². The maximum Gasteiger partial charge on any atom is 0.122 e. The lowest BCUT2D eigenvalue weighted by Crippen LogP contribution is -2.38. The zero-order valence-corrected chi connectivity index (χ0v) is 12.8. The molecular formula is C16H27NO2. The summed E-state index contributed by atoms with van der Waals surface area (Å²) in [6, 6.07) is 4.45. The smallest absolute Gasteiger partial charge is 0.122 e. The molecule has 1 rings (SSSR count). The molecular weight excluding hydrogens is 238 g/mol. The summed E-state index contributed by atoms with van der Waals surface area (Å²) in [5.74, 6) is 1.39. The van der Waals surface area contributed by atoms with Gasteiger partial charge in [-0.1, -0.05) is 19.9 Å². The Morgan fingerprint density at radius 2 is 1.84 bits per heavy atom. The summed E-state index contributed by atoms with van der Waals surface area (Å²) in [5.41, 5.74) is 3.76. The summed E-state index contributed by atoms with van der Waals surface area (Å²) in [4.78, 5) is 0. The molecule has 0 spiro atoms. The van der Waals surface area contributed by atoms with Crippen molar-refractivity contribution in [2.24, 2.45) is 5.92 Å². The maximum absolute atomic E-state index is 9.29. The third-order valence-corrected chi connectivity index (χ3v) is 3.70. The predicted octanol–water partition coefficient (Wildman–Crippen LogP) is 2.46. The second kappa shape index (κ2) is 7.51. The summed E-state index contributed by atoms with van der Waals surface area (Å²) in [6.45, 7) is 9.48. The van der Waals surface area contributed by atoms with Gasteiger partial charge in [0.2, 0.25) is 0 Å². The fourth-order valence-corrected chi connectivity index (χ4v) is 2.14. The van der Waals surface area contributed by atoms with E-state index in [9.17, 15) is 5.11 Å². The predicted molar refractivity (Wildman–Crippen MR) is 79.9 cm³/mol. The zero-order chi connectivity index (χ0) is 14.4. The fraction of sp³-hybridized carbons (Fsp3) is 0.625. The van der Waals surface area contributed by atoms with E-state index in [1.165, 1.54) is 16.7 Å². The highest BCUT2D eigenvalue weighted by Gasteiger charge is 2.12. The number of benzene rings is 1. The minimum Gasteiger partial charge on any atom is -0.496 e. The first-order chi connectivity index (χ1) is 8.99. The van der Waals surface area contributed by atoms with Crippen LogP contribution in [0, 0.1) is 19.8 Å². The molecule has 0 aliphatic heterocycles. The molecule has 0 aliphatic rings. The first-order valence-corrected chi connectivity index (χ1v) is 6.98. The molecule has 2 N–H and O–H groups in total. The molecule has 0 aromatic heterocycles. The summed E-state index contributed by atoms with van der Waals surface area (Å²) in [5, 5.41) is 12.7. The summed E-state index contributed by atoms with van der Waals surface area (Å²) in [6.07, 6.45) is 0.910. The normalized spacial score (nSPS) is 12.8. The molecule has 0 fully saturated rings. The third-order valence-electron chi connectivity index (χ3n) is 3.70. The number of aryl methyl sites for hydroxylation is 2. The second-order valence-electron chi connectivity index (χ2n) is 5.49. The van der Waals surface area contributed by atoms with E-state index in [0.29, 0.717) is 5.92 Å². The number of aliphatic hydroxyl groups is 1. The highest BCUT2D eigenvalue weighted by Crippen LogP contribution is 2.23. The largest absolute Gasteiger partial charge is 0.496 e. The molecule has 0 saturated carbocycles. The van der Waals surface area contributed by atoms with Crippen LogP contribution >= 0.6 is 0 Å². The van der Waals surface area contributed by atoms with Crippen LogP contribution in [0.25, 0.3) is 0 Å². The Kier molecular flexibility index (Phi) is 6.32. The van der Waals surface area contributed by atoms with Gasteiger partial charge in [-0.3, -0.25) is 0 Å². The van der Waals surface area contributed by atoms with E-state index in [-0.39, 0.29) is 12.6 Å². The highest BCUT2D eigenvalue weighted by molar-refractivity contribution is 5.41. The molecule has 0 heterocycles. The van der Waals surface area contributed by atoms with Gasteiger partial charge in [0.1, 0.15) is 5.75 Å². The minimum absolute atomic E-state index is 0.164. The molecule has 0 bridgehead atoms. The van der Waals surface area contributed by atoms with E-state index < -0.39 is 0 Å². The average Bonchev–Trinajstić information content (AvgIpc) is 2.37. The van der Waals surface area contributed by atoms with Gasteiger partial charge in [-0.25, -0.2) is 0 Å². The van der Waals surface area contributed by atoms with Gasteiger partial charge in [0.05, 0.1) is 13.7 Å². The zero-order valence-electron chi connectivity index (χ0n) is 12.8. The Labute approximate surface area is 117 Å². The molecule has 3 heteroatoms. The molecule has 1 aromatic rings. The summed E-state index contributed by atoms with van der Waals surface area (Å²) >= 11 is 0. The van der Waals surface area contributed by atoms with E-state index in [2.05, 4.69) is 45.1 Å². The van der Waals surface area contributed by atoms with Crippen molar-refractivity contribution in [3.63, 3.8) is 0 Å². The molecule has 19 heavy (non-hydrogen) atoms. The topological polar surface area (TPSA) is 41.5 Å². The van der Waals surface area contributed by atoms with E-state index in [1.54, 1.807) is 7.11 Å². The maximum atomic E-state index is 9.29. The second-order valence-corrected chi connectivity index (χ2v) is 5.49. The van der Waals surface area contributed by atoms with Crippen molar-refractivity contribution >= 4 is 0 Å². The molecule has 0 saturated heterocycles. The van der Waals surface area contributed by atoms with E-state index in [4.69, 9.17) is 4.74 Å². The molecule has 0 aliphatic carbocycles. The van der Waals surface area contributed by atoms with Crippen molar-refractivity contribution in [3.05, 3.63) is 28.8 Å². The van der Waals surface area contributed by atoms with Crippen LogP contribution < -0.4 is 10.1 Å². The number of ether oxygens (including phenoxy) is 1. The lowest BCUT2D eigenvalue weighted by Gasteiger charge is -2.20. The van der Waals surface area contributed by atoms with Crippen LogP contribution in [0.15, 0.2) is 12.1 Å². The van der Waals surface area contributed by atoms with Crippen LogP contribution in [0.2, 0.25) is 0 Å². The highest BCUT2D eigenvalue weighted by atomic mass is 16.5. The van der Waals surface area contributed by atoms with Crippen LogP contribution in [-0.4, -0.2) is 31.4 Å². The van der Waals surface area contributed by atoms with E-state index in [0.717, 1.165) is 18.7 Å². The van der Waals surface area contributed by atoms with Gasteiger partial charge < -0.3 is 15.2 Å². The minimum atomic E-state index is 0.164. The van der Waals surface area contributed by atoms with Crippen molar-refractivity contribution in [1.82, 2.24) is 5.32 Å². The van der Waals surface area contributed by atoms with E-state index >= 15 is 0 Å². The quantitative estimate of drug-likeness (QED) is 0.796. The van der Waals surface area contributed by atoms with Gasteiger partial charge in [0.15, 0.2) is 0 Å². The standard InChI is InChI=1S/C16H27NO2/c1-11(2)15(10-18)17-7-6-14-8-12(3)13(4)9-16(14)19-5/h8-9,11,15,17-18H,6-7,10H2,1-5H3. The first-order valence-electron chi connectivity index (χ1n) is 6.98. The Morgan fingerprint density at radius 1 is 1.21 bits per heavy atom. The van der Waals surface area contributed by atoms with Gasteiger partial charge in [-0.2, -0.15) is 0 Å². The SMILES string of the molecule is COc1cc(C)c(C)cc1CCNC(CO)C(C)C. The monoisotopic (exact) mass is 265 g/mol.